The molecule has 0 amide bonds. The predicted molar refractivity (Wildman–Crippen MR) is 94.0 cm³/mol. The smallest absolute Gasteiger partial charge is 0.269 e. The molecule has 124 valence electrons. The Labute approximate surface area is 140 Å². The molecule has 1 heterocycles. The van der Waals surface area contributed by atoms with Crippen LogP contribution in [0.1, 0.15) is 30.1 Å². The number of methoxy groups -OCH3 is 1. The van der Waals surface area contributed by atoms with E-state index < -0.39 is 0 Å². The maximum absolute atomic E-state index is 12.5. The molecule has 0 fully saturated rings. The van der Waals surface area contributed by atoms with E-state index in [1.165, 1.54) is 0 Å². The van der Waals surface area contributed by atoms with Crippen molar-refractivity contribution in [2.45, 2.75) is 13.8 Å². The van der Waals surface area contributed by atoms with E-state index in [2.05, 4.69) is 23.7 Å². The largest absolute Gasteiger partial charge is 0.497 e. The van der Waals surface area contributed by atoms with Crippen LogP contribution >= 0.6 is 0 Å². The van der Waals surface area contributed by atoms with Crippen LogP contribution in [-0.4, -0.2) is 31.0 Å². The SMILES string of the molecule is CCN(CC)c1ccc2nc(C(=O)c3ccc(OC)cc3)oc2c1. The number of ether oxygens (including phenoxy) is 1. The minimum atomic E-state index is -0.238. The molecule has 0 radical (unpaired) electrons. The molecular formula is C19H20N2O3. The third kappa shape index (κ3) is 2.97. The van der Waals surface area contributed by atoms with Gasteiger partial charge < -0.3 is 14.1 Å². The molecule has 0 saturated carbocycles. The minimum absolute atomic E-state index is 0.104. The van der Waals surface area contributed by atoms with E-state index in [0.29, 0.717) is 22.4 Å². The lowest BCUT2D eigenvalue weighted by Crippen LogP contribution is -2.21. The van der Waals surface area contributed by atoms with Gasteiger partial charge in [-0.1, -0.05) is 0 Å². The Hall–Kier alpha value is -2.82. The van der Waals surface area contributed by atoms with Gasteiger partial charge in [-0.15, -0.1) is 0 Å². The number of ketones is 1. The van der Waals surface area contributed by atoms with Crippen molar-refractivity contribution in [1.82, 2.24) is 4.98 Å². The second-order valence-electron chi connectivity index (χ2n) is 5.40. The summed E-state index contributed by atoms with van der Waals surface area (Å²) in [7, 11) is 1.59. The number of carbonyl (C=O) groups is 1. The lowest BCUT2D eigenvalue weighted by Gasteiger charge is -2.20. The molecule has 0 unspecified atom stereocenters. The van der Waals surface area contributed by atoms with E-state index >= 15 is 0 Å². The predicted octanol–water partition coefficient (Wildman–Crippen LogP) is 3.91. The lowest BCUT2D eigenvalue weighted by molar-refractivity contribution is 0.100. The highest BCUT2D eigenvalue weighted by Crippen LogP contribution is 2.24. The minimum Gasteiger partial charge on any atom is -0.497 e. The molecule has 0 aliphatic heterocycles. The molecule has 1 aromatic heterocycles. The fraction of sp³-hybridized carbons (Fsp3) is 0.263. The van der Waals surface area contributed by atoms with E-state index in [9.17, 15) is 4.79 Å². The van der Waals surface area contributed by atoms with Crippen LogP contribution in [0.5, 0.6) is 5.75 Å². The Kier molecular flexibility index (Phi) is 4.51. The molecular weight excluding hydrogens is 304 g/mol. The average Bonchev–Trinajstić information content (AvgIpc) is 3.05. The van der Waals surface area contributed by atoms with Gasteiger partial charge >= 0.3 is 0 Å². The van der Waals surface area contributed by atoms with Crippen LogP contribution < -0.4 is 9.64 Å². The third-order valence-electron chi connectivity index (χ3n) is 4.05. The molecule has 5 heteroatoms. The molecule has 0 spiro atoms. The monoisotopic (exact) mass is 324 g/mol. The zero-order valence-electron chi connectivity index (χ0n) is 14.1. The molecule has 0 saturated heterocycles. The van der Waals surface area contributed by atoms with Crippen molar-refractivity contribution < 1.29 is 13.9 Å². The fourth-order valence-electron chi connectivity index (χ4n) is 2.66. The van der Waals surface area contributed by atoms with Crippen LogP contribution in [-0.2, 0) is 0 Å². The summed E-state index contributed by atoms with van der Waals surface area (Å²) in [6.45, 7) is 6.03. The topological polar surface area (TPSA) is 55.6 Å². The summed E-state index contributed by atoms with van der Waals surface area (Å²) in [5.74, 6) is 0.568. The maximum Gasteiger partial charge on any atom is 0.269 e. The Bertz CT molecular complexity index is 849. The number of hydrogen-bond acceptors (Lipinski definition) is 5. The van der Waals surface area contributed by atoms with Gasteiger partial charge in [0.05, 0.1) is 7.11 Å². The summed E-state index contributed by atoms with van der Waals surface area (Å²) in [6.07, 6.45) is 0. The average molecular weight is 324 g/mol. The van der Waals surface area contributed by atoms with Gasteiger partial charge in [-0.3, -0.25) is 4.79 Å². The quantitative estimate of drug-likeness (QED) is 0.643. The van der Waals surface area contributed by atoms with Crippen molar-refractivity contribution in [3.05, 3.63) is 53.9 Å². The molecule has 5 nitrogen and oxygen atoms in total. The molecule has 3 aromatic rings. The second-order valence-corrected chi connectivity index (χ2v) is 5.40. The normalized spacial score (nSPS) is 10.8. The number of hydrogen-bond donors (Lipinski definition) is 0. The van der Waals surface area contributed by atoms with E-state index in [4.69, 9.17) is 9.15 Å². The molecule has 0 bridgehead atoms. The Balaban J connectivity index is 1.93. The maximum atomic E-state index is 12.5. The number of fused-ring (bicyclic) bond motifs is 1. The van der Waals surface area contributed by atoms with Gasteiger partial charge in [0, 0.05) is 30.4 Å². The third-order valence-corrected chi connectivity index (χ3v) is 4.05. The highest BCUT2D eigenvalue weighted by atomic mass is 16.5. The standard InChI is InChI=1S/C19H20N2O3/c1-4-21(5-2)14-8-11-16-17(12-14)24-19(20-16)18(22)13-6-9-15(23-3)10-7-13/h6-12H,4-5H2,1-3H3. The number of oxazole rings is 1. The zero-order chi connectivity index (χ0) is 17.1. The molecule has 0 N–H and O–H groups in total. The number of aromatic nitrogens is 1. The van der Waals surface area contributed by atoms with Crippen LogP contribution in [0.15, 0.2) is 46.9 Å². The van der Waals surface area contributed by atoms with Crippen molar-refractivity contribution in [3.63, 3.8) is 0 Å². The first kappa shape index (κ1) is 16.1. The zero-order valence-corrected chi connectivity index (χ0v) is 14.1. The molecule has 0 aliphatic carbocycles. The van der Waals surface area contributed by atoms with E-state index in [1.807, 2.05) is 18.2 Å². The van der Waals surface area contributed by atoms with Crippen molar-refractivity contribution in [1.29, 1.82) is 0 Å². The van der Waals surface area contributed by atoms with Gasteiger partial charge in [0.15, 0.2) is 5.58 Å². The highest BCUT2D eigenvalue weighted by Gasteiger charge is 2.17. The first-order chi connectivity index (χ1) is 11.7. The first-order valence-electron chi connectivity index (χ1n) is 8.00. The molecule has 3 rings (SSSR count). The van der Waals surface area contributed by atoms with Crippen LogP contribution in [0.4, 0.5) is 5.69 Å². The number of benzene rings is 2. The van der Waals surface area contributed by atoms with Crippen LogP contribution in [0.3, 0.4) is 0 Å². The summed E-state index contributed by atoms with van der Waals surface area (Å²) in [4.78, 5) is 19.1. The fourth-order valence-corrected chi connectivity index (χ4v) is 2.66. The van der Waals surface area contributed by atoms with Crippen molar-refractivity contribution in [2.75, 3.05) is 25.1 Å². The molecule has 2 aromatic carbocycles. The number of anilines is 1. The summed E-state index contributed by atoms with van der Waals surface area (Å²) in [5, 5.41) is 0. The van der Waals surface area contributed by atoms with Gasteiger partial charge in [-0.05, 0) is 50.2 Å². The van der Waals surface area contributed by atoms with Crippen LogP contribution in [0, 0.1) is 0 Å². The van der Waals surface area contributed by atoms with Gasteiger partial charge in [-0.25, -0.2) is 4.98 Å². The molecule has 0 atom stereocenters. The number of rotatable bonds is 6. The Morgan fingerprint density at radius 1 is 1.12 bits per heavy atom. The highest BCUT2D eigenvalue weighted by molar-refractivity contribution is 6.07. The summed E-state index contributed by atoms with van der Waals surface area (Å²) in [6, 6.07) is 12.7. The van der Waals surface area contributed by atoms with Crippen molar-refractivity contribution in [2.24, 2.45) is 0 Å². The molecule has 0 aliphatic rings. The summed E-state index contributed by atoms with van der Waals surface area (Å²) < 4.78 is 10.8. The van der Waals surface area contributed by atoms with Gasteiger partial charge in [0.2, 0.25) is 5.78 Å². The van der Waals surface area contributed by atoms with E-state index in [0.717, 1.165) is 18.8 Å². The van der Waals surface area contributed by atoms with Gasteiger partial charge in [0.1, 0.15) is 11.3 Å². The van der Waals surface area contributed by atoms with Crippen molar-refractivity contribution in [3.8, 4) is 5.75 Å². The number of carbonyl (C=O) groups excluding carboxylic acids is 1. The van der Waals surface area contributed by atoms with Gasteiger partial charge in [-0.2, -0.15) is 0 Å². The molecule has 24 heavy (non-hydrogen) atoms. The Morgan fingerprint density at radius 3 is 2.46 bits per heavy atom. The lowest BCUT2D eigenvalue weighted by atomic mass is 10.1. The van der Waals surface area contributed by atoms with Gasteiger partial charge in [0.25, 0.3) is 5.89 Å². The summed E-state index contributed by atoms with van der Waals surface area (Å²) in [5.41, 5.74) is 2.89. The number of nitrogens with zero attached hydrogens (tertiary/aromatic N) is 2. The van der Waals surface area contributed by atoms with Crippen molar-refractivity contribution >= 4 is 22.6 Å². The van der Waals surface area contributed by atoms with E-state index in [1.54, 1.807) is 31.4 Å². The Morgan fingerprint density at radius 2 is 1.83 bits per heavy atom. The second kappa shape index (κ2) is 6.74. The van der Waals surface area contributed by atoms with Crippen LogP contribution in [0.2, 0.25) is 0 Å². The summed E-state index contributed by atoms with van der Waals surface area (Å²) >= 11 is 0. The van der Waals surface area contributed by atoms with Crippen LogP contribution in [0.25, 0.3) is 11.1 Å². The van der Waals surface area contributed by atoms with E-state index in [-0.39, 0.29) is 11.7 Å². The first-order valence-corrected chi connectivity index (χ1v) is 8.00.